The lowest BCUT2D eigenvalue weighted by Crippen LogP contribution is -2.36. The van der Waals surface area contributed by atoms with Crippen LogP contribution in [-0.4, -0.2) is 22.0 Å². The Morgan fingerprint density at radius 3 is 2.39 bits per heavy atom. The lowest BCUT2D eigenvalue weighted by Gasteiger charge is -2.24. The molecule has 0 saturated heterocycles. The number of halogens is 3. The standard InChI is InChI=1S/C15H20F3NO3S/c1-14(2,3)23(21)19-12(9-13(20)22-4)10-6-5-7-11(8-10)15(16,17)18/h5-8,12,19H,9H2,1-4H3/t12-,23?/m0/s1. The topological polar surface area (TPSA) is 55.4 Å². The quantitative estimate of drug-likeness (QED) is 0.828. The minimum absolute atomic E-state index is 0.223. The summed E-state index contributed by atoms with van der Waals surface area (Å²) in [6.07, 6.45) is -4.71. The van der Waals surface area contributed by atoms with E-state index in [9.17, 15) is 22.2 Å². The summed E-state index contributed by atoms with van der Waals surface area (Å²) in [7, 11) is -0.366. The average molecular weight is 351 g/mol. The van der Waals surface area contributed by atoms with Crippen LogP contribution < -0.4 is 4.72 Å². The highest BCUT2D eigenvalue weighted by atomic mass is 32.2. The Hall–Kier alpha value is -1.41. The van der Waals surface area contributed by atoms with Gasteiger partial charge in [0.25, 0.3) is 0 Å². The number of rotatable bonds is 5. The van der Waals surface area contributed by atoms with Crippen LogP contribution in [0.1, 0.15) is 44.4 Å². The molecule has 0 heterocycles. The van der Waals surface area contributed by atoms with Crippen molar-refractivity contribution in [2.24, 2.45) is 0 Å². The van der Waals surface area contributed by atoms with E-state index in [2.05, 4.69) is 9.46 Å². The molecule has 0 fully saturated rings. The highest BCUT2D eigenvalue weighted by Crippen LogP contribution is 2.31. The van der Waals surface area contributed by atoms with E-state index in [4.69, 9.17) is 0 Å². The van der Waals surface area contributed by atoms with Gasteiger partial charge in [-0.3, -0.25) is 4.79 Å². The summed E-state index contributed by atoms with van der Waals surface area (Å²) in [6.45, 7) is 5.16. The molecule has 0 radical (unpaired) electrons. The van der Waals surface area contributed by atoms with Crippen LogP contribution >= 0.6 is 0 Å². The molecule has 0 aliphatic rings. The lowest BCUT2D eigenvalue weighted by atomic mass is 10.0. The number of benzene rings is 1. The van der Waals surface area contributed by atoms with E-state index in [0.717, 1.165) is 12.1 Å². The van der Waals surface area contributed by atoms with E-state index in [1.165, 1.54) is 19.2 Å². The van der Waals surface area contributed by atoms with Gasteiger partial charge in [-0.25, -0.2) is 8.93 Å². The van der Waals surface area contributed by atoms with E-state index in [0.29, 0.717) is 0 Å². The molecule has 0 aliphatic carbocycles. The van der Waals surface area contributed by atoms with Crippen LogP contribution in [0.5, 0.6) is 0 Å². The monoisotopic (exact) mass is 351 g/mol. The molecule has 1 unspecified atom stereocenters. The van der Waals surface area contributed by atoms with Gasteiger partial charge in [0.15, 0.2) is 0 Å². The van der Waals surface area contributed by atoms with Crippen molar-refractivity contribution >= 4 is 17.0 Å². The third kappa shape index (κ3) is 5.95. The maximum Gasteiger partial charge on any atom is 0.416 e. The van der Waals surface area contributed by atoms with Crippen molar-refractivity contribution in [1.82, 2.24) is 4.72 Å². The van der Waals surface area contributed by atoms with Gasteiger partial charge in [0, 0.05) is 0 Å². The van der Waals surface area contributed by atoms with E-state index in [-0.39, 0.29) is 12.0 Å². The Morgan fingerprint density at radius 2 is 1.91 bits per heavy atom. The fraction of sp³-hybridized carbons (Fsp3) is 0.533. The molecule has 23 heavy (non-hydrogen) atoms. The fourth-order valence-corrected chi connectivity index (χ4v) is 2.55. The highest BCUT2D eigenvalue weighted by molar-refractivity contribution is 7.84. The van der Waals surface area contributed by atoms with Crippen LogP contribution in [0.2, 0.25) is 0 Å². The Balaban J connectivity index is 3.14. The molecular formula is C15H20F3NO3S. The van der Waals surface area contributed by atoms with Gasteiger partial charge in [0.1, 0.15) is 0 Å². The molecule has 0 aliphatic heterocycles. The number of methoxy groups -OCH3 is 1. The van der Waals surface area contributed by atoms with Gasteiger partial charge in [-0.2, -0.15) is 13.2 Å². The van der Waals surface area contributed by atoms with Crippen molar-refractivity contribution in [3.8, 4) is 0 Å². The second-order valence-corrected chi connectivity index (χ2v) is 7.95. The van der Waals surface area contributed by atoms with Gasteiger partial charge in [0.2, 0.25) is 0 Å². The number of carbonyl (C=O) groups is 1. The predicted molar refractivity (Wildman–Crippen MR) is 81.8 cm³/mol. The first kappa shape index (κ1) is 19.6. The lowest BCUT2D eigenvalue weighted by molar-refractivity contribution is -0.141. The van der Waals surface area contributed by atoms with Crippen molar-refractivity contribution < 1.29 is 26.9 Å². The van der Waals surface area contributed by atoms with Crippen molar-refractivity contribution in [3.05, 3.63) is 35.4 Å². The van der Waals surface area contributed by atoms with E-state index in [1.807, 2.05) is 0 Å². The maximum absolute atomic E-state index is 12.8. The number of nitrogens with one attached hydrogen (secondary N) is 1. The van der Waals surface area contributed by atoms with Gasteiger partial charge < -0.3 is 4.74 Å². The SMILES string of the molecule is COC(=O)C[C@H](NS(=O)C(C)(C)C)c1cccc(C(F)(F)F)c1. The van der Waals surface area contributed by atoms with Gasteiger partial charge >= 0.3 is 12.1 Å². The third-order valence-electron chi connectivity index (χ3n) is 3.02. The fourth-order valence-electron chi connectivity index (χ4n) is 1.72. The highest BCUT2D eigenvalue weighted by Gasteiger charge is 2.32. The van der Waals surface area contributed by atoms with Gasteiger partial charge in [0.05, 0.1) is 40.9 Å². The molecule has 0 bridgehead atoms. The number of hydrogen-bond acceptors (Lipinski definition) is 3. The molecule has 1 aromatic carbocycles. The predicted octanol–water partition coefficient (Wildman–Crippen LogP) is 3.36. The molecule has 1 rings (SSSR count). The molecule has 2 atom stereocenters. The minimum Gasteiger partial charge on any atom is -0.469 e. The summed E-state index contributed by atoms with van der Waals surface area (Å²) in [5.41, 5.74) is -0.601. The van der Waals surface area contributed by atoms with Crippen LogP contribution in [0.4, 0.5) is 13.2 Å². The third-order valence-corrected chi connectivity index (χ3v) is 4.63. The van der Waals surface area contributed by atoms with Crippen LogP contribution in [0, 0.1) is 0 Å². The summed E-state index contributed by atoms with van der Waals surface area (Å²) < 4.78 is 57.4. The first-order valence-corrected chi connectivity index (χ1v) is 8.02. The molecule has 130 valence electrons. The molecule has 0 aromatic heterocycles. The molecule has 0 spiro atoms. The Kier molecular flexibility index (Phi) is 6.35. The van der Waals surface area contributed by atoms with Crippen LogP contribution in [-0.2, 0) is 26.7 Å². The van der Waals surface area contributed by atoms with E-state index in [1.54, 1.807) is 20.8 Å². The normalized spacial score (nSPS) is 15.1. The molecular weight excluding hydrogens is 331 g/mol. The molecule has 1 N–H and O–H groups in total. The zero-order valence-corrected chi connectivity index (χ0v) is 14.2. The van der Waals surface area contributed by atoms with Crippen LogP contribution in [0.3, 0.4) is 0 Å². The minimum atomic E-state index is -4.49. The number of hydrogen-bond donors (Lipinski definition) is 1. The molecule has 4 nitrogen and oxygen atoms in total. The number of esters is 1. The van der Waals surface area contributed by atoms with Crippen molar-refractivity contribution in [1.29, 1.82) is 0 Å². The first-order chi connectivity index (χ1) is 10.4. The number of alkyl halides is 3. The first-order valence-electron chi connectivity index (χ1n) is 6.87. The smallest absolute Gasteiger partial charge is 0.416 e. The van der Waals surface area contributed by atoms with Crippen molar-refractivity contribution in [3.63, 3.8) is 0 Å². The number of carbonyl (C=O) groups excluding carboxylic acids is 1. The van der Waals surface area contributed by atoms with Crippen LogP contribution in [0.15, 0.2) is 24.3 Å². The number of ether oxygens (including phenoxy) is 1. The Morgan fingerprint density at radius 1 is 1.30 bits per heavy atom. The molecule has 0 saturated carbocycles. The van der Waals surface area contributed by atoms with E-state index < -0.39 is 39.5 Å². The molecule has 1 aromatic rings. The summed E-state index contributed by atoms with van der Waals surface area (Å²) >= 11 is 0. The second-order valence-electron chi connectivity index (χ2n) is 5.96. The Bertz CT molecular complexity index is 582. The second kappa shape index (κ2) is 7.44. The average Bonchev–Trinajstić information content (AvgIpc) is 2.44. The largest absolute Gasteiger partial charge is 0.469 e. The maximum atomic E-state index is 12.8. The van der Waals surface area contributed by atoms with Crippen LogP contribution in [0.25, 0.3) is 0 Å². The zero-order chi connectivity index (χ0) is 17.8. The summed E-state index contributed by atoms with van der Waals surface area (Å²) in [5, 5.41) is 0. The van der Waals surface area contributed by atoms with E-state index >= 15 is 0 Å². The van der Waals surface area contributed by atoms with Gasteiger partial charge in [-0.05, 0) is 38.5 Å². The molecule has 8 heteroatoms. The zero-order valence-electron chi connectivity index (χ0n) is 13.4. The van der Waals surface area contributed by atoms with Crippen molar-refractivity contribution in [2.45, 2.75) is 44.2 Å². The van der Waals surface area contributed by atoms with Gasteiger partial charge in [-0.1, -0.05) is 12.1 Å². The summed E-state index contributed by atoms with van der Waals surface area (Å²) in [5.74, 6) is -0.606. The molecule has 0 amide bonds. The summed E-state index contributed by atoms with van der Waals surface area (Å²) in [6, 6.07) is 3.75. The van der Waals surface area contributed by atoms with Crippen molar-refractivity contribution in [2.75, 3.05) is 7.11 Å². The Labute approximate surface area is 136 Å². The van der Waals surface area contributed by atoms with Gasteiger partial charge in [-0.15, -0.1) is 0 Å². The summed E-state index contributed by atoms with van der Waals surface area (Å²) in [4.78, 5) is 11.5.